The summed E-state index contributed by atoms with van der Waals surface area (Å²) in [5, 5.41) is 8.42. The molecule has 0 radical (unpaired) electrons. The van der Waals surface area contributed by atoms with Gasteiger partial charge in [0.25, 0.3) is 0 Å². The smallest absolute Gasteiger partial charge is 0.0670 e. The molecular formula is C8H9N3. The van der Waals surface area contributed by atoms with Crippen LogP contribution in [0.2, 0.25) is 0 Å². The number of hydrogen-bond donors (Lipinski definition) is 1. The maximum atomic E-state index is 8.42. The van der Waals surface area contributed by atoms with Crippen molar-refractivity contribution in [3.63, 3.8) is 0 Å². The molecule has 56 valence electrons. The topological polar surface area (TPSA) is 62.7 Å². The van der Waals surface area contributed by atoms with Crippen LogP contribution in [-0.2, 0) is 6.42 Å². The van der Waals surface area contributed by atoms with Crippen molar-refractivity contribution in [1.29, 1.82) is 5.26 Å². The number of hydrogen-bond acceptors (Lipinski definition) is 3. The monoisotopic (exact) mass is 147 g/mol. The summed E-state index contributed by atoms with van der Waals surface area (Å²) in [6.07, 6.45) is 1.97. The van der Waals surface area contributed by atoms with Gasteiger partial charge in [0.05, 0.1) is 24.4 Å². The van der Waals surface area contributed by atoms with E-state index in [4.69, 9.17) is 11.0 Å². The summed E-state index contributed by atoms with van der Waals surface area (Å²) in [5.74, 6) is 0. The Balaban J connectivity index is 3.05. The molecule has 1 aromatic heterocycles. The largest absolute Gasteiger partial charge is 0.397 e. The highest BCUT2D eigenvalue weighted by molar-refractivity contribution is 5.40. The minimum atomic E-state index is 0.379. The van der Waals surface area contributed by atoms with Crippen LogP contribution in [0.1, 0.15) is 11.3 Å². The molecule has 3 heteroatoms. The van der Waals surface area contributed by atoms with Crippen LogP contribution in [0, 0.1) is 18.3 Å². The van der Waals surface area contributed by atoms with E-state index in [0.717, 1.165) is 11.3 Å². The Morgan fingerprint density at radius 3 is 3.09 bits per heavy atom. The highest BCUT2D eigenvalue weighted by Crippen LogP contribution is 2.09. The van der Waals surface area contributed by atoms with Gasteiger partial charge in [-0.15, -0.1) is 0 Å². The number of nitriles is 1. The van der Waals surface area contributed by atoms with Crippen molar-refractivity contribution in [3.05, 3.63) is 23.5 Å². The van der Waals surface area contributed by atoms with Crippen LogP contribution < -0.4 is 5.73 Å². The molecule has 1 aromatic rings. The predicted molar refractivity (Wildman–Crippen MR) is 42.7 cm³/mol. The van der Waals surface area contributed by atoms with Gasteiger partial charge in [0.2, 0.25) is 0 Å². The molecule has 0 saturated carbocycles. The number of pyridine rings is 1. The predicted octanol–water partition coefficient (Wildman–Crippen LogP) is 1.04. The average molecular weight is 147 g/mol. The van der Waals surface area contributed by atoms with E-state index in [1.54, 1.807) is 12.3 Å². The summed E-state index contributed by atoms with van der Waals surface area (Å²) in [4.78, 5) is 4.02. The number of nitrogen functional groups attached to an aromatic ring is 1. The summed E-state index contributed by atoms with van der Waals surface area (Å²) >= 11 is 0. The van der Waals surface area contributed by atoms with Crippen molar-refractivity contribution in [2.24, 2.45) is 0 Å². The number of nitrogens with two attached hydrogens (primary N) is 1. The van der Waals surface area contributed by atoms with Crippen LogP contribution in [0.4, 0.5) is 5.69 Å². The van der Waals surface area contributed by atoms with Gasteiger partial charge in [-0.3, -0.25) is 4.98 Å². The minimum Gasteiger partial charge on any atom is -0.397 e. The lowest BCUT2D eigenvalue weighted by Crippen LogP contribution is -1.94. The summed E-state index contributed by atoms with van der Waals surface area (Å²) in [6, 6.07) is 3.84. The maximum absolute atomic E-state index is 8.42. The van der Waals surface area contributed by atoms with Gasteiger partial charge < -0.3 is 5.73 Å². The zero-order chi connectivity index (χ0) is 8.27. The van der Waals surface area contributed by atoms with Crippen molar-refractivity contribution in [2.45, 2.75) is 13.3 Å². The summed E-state index contributed by atoms with van der Waals surface area (Å²) < 4.78 is 0. The van der Waals surface area contributed by atoms with E-state index < -0.39 is 0 Å². The van der Waals surface area contributed by atoms with E-state index in [2.05, 4.69) is 11.1 Å². The Morgan fingerprint density at radius 1 is 1.73 bits per heavy atom. The van der Waals surface area contributed by atoms with Gasteiger partial charge in [0.15, 0.2) is 0 Å². The summed E-state index contributed by atoms with van der Waals surface area (Å²) in [5.41, 5.74) is 7.88. The van der Waals surface area contributed by atoms with Crippen molar-refractivity contribution in [1.82, 2.24) is 4.98 Å². The third-order valence-corrected chi connectivity index (χ3v) is 1.48. The molecule has 0 atom stereocenters. The van der Waals surface area contributed by atoms with Crippen LogP contribution in [0.3, 0.4) is 0 Å². The molecule has 1 rings (SSSR count). The van der Waals surface area contributed by atoms with E-state index in [9.17, 15) is 0 Å². The van der Waals surface area contributed by atoms with Crippen molar-refractivity contribution in [3.8, 4) is 6.07 Å². The van der Waals surface area contributed by atoms with Gasteiger partial charge in [0, 0.05) is 5.69 Å². The normalized spacial score (nSPS) is 9.09. The molecular weight excluding hydrogens is 138 g/mol. The second-order valence-electron chi connectivity index (χ2n) is 2.35. The van der Waals surface area contributed by atoms with Gasteiger partial charge in [-0.05, 0) is 18.6 Å². The van der Waals surface area contributed by atoms with Crippen LogP contribution in [-0.4, -0.2) is 4.98 Å². The second-order valence-corrected chi connectivity index (χ2v) is 2.35. The molecule has 0 aromatic carbocycles. The molecule has 0 fully saturated rings. The Labute approximate surface area is 65.5 Å². The molecule has 0 unspecified atom stereocenters. The first-order chi connectivity index (χ1) is 5.24. The summed E-state index contributed by atoms with van der Waals surface area (Å²) in [7, 11) is 0. The first kappa shape index (κ1) is 7.55. The fourth-order valence-electron chi connectivity index (χ4n) is 0.861. The molecule has 0 amide bonds. The number of aromatic nitrogens is 1. The highest BCUT2D eigenvalue weighted by Gasteiger charge is 1.98. The van der Waals surface area contributed by atoms with E-state index in [1.807, 2.05) is 6.92 Å². The molecule has 2 N–H and O–H groups in total. The van der Waals surface area contributed by atoms with Gasteiger partial charge in [-0.2, -0.15) is 5.26 Å². The Kier molecular flexibility index (Phi) is 2.07. The molecule has 0 aliphatic rings. The zero-order valence-corrected chi connectivity index (χ0v) is 6.33. The molecule has 3 nitrogen and oxygen atoms in total. The minimum absolute atomic E-state index is 0.379. The molecule has 0 saturated heterocycles. The zero-order valence-electron chi connectivity index (χ0n) is 6.33. The molecule has 0 aliphatic carbocycles. The number of nitrogens with zero attached hydrogens (tertiary/aromatic N) is 2. The number of rotatable bonds is 1. The van der Waals surface area contributed by atoms with Gasteiger partial charge in [-0.25, -0.2) is 0 Å². The van der Waals surface area contributed by atoms with E-state index >= 15 is 0 Å². The second kappa shape index (κ2) is 3.02. The lowest BCUT2D eigenvalue weighted by atomic mass is 10.1. The molecule has 0 bridgehead atoms. The quantitative estimate of drug-likeness (QED) is 0.645. The first-order valence-corrected chi connectivity index (χ1v) is 3.32. The Morgan fingerprint density at radius 2 is 2.45 bits per heavy atom. The number of anilines is 1. The third kappa shape index (κ3) is 1.68. The Hall–Kier alpha value is -1.56. The van der Waals surface area contributed by atoms with Crippen LogP contribution in [0.5, 0.6) is 0 Å². The van der Waals surface area contributed by atoms with Crippen LogP contribution in [0.25, 0.3) is 0 Å². The fourth-order valence-corrected chi connectivity index (χ4v) is 0.861. The van der Waals surface area contributed by atoms with Crippen molar-refractivity contribution < 1.29 is 0 Å². The standard InChI is InChI=1S/C8H9N3/c1-6-7(2-3-9)4-8(10)5-11-6/h4-5H,2,10H2,1H3. The van der Waals surface area contributed by atoms with Crippen molar-refractivity contribution >= 4 is 5.69 Å². The highest BCUT2D eigenvalue weighted by atomic mass is 14.7. The SMILES string of the molecule is Cc1ncc(N)cc1CC#N. The molecule has 11 heavy (non-hydrogen) atoms. The number of aryl methyl sites for hydroxylation is 1. The van der Waals surface area contributed by atoms with Gasteiger partial charge in [0.1, 0.15) is 0 Å². The first-order valence-electron chi connectivity index (χ1n) is 3.32. The Bertz CT molecular complexity index is 299. The van der Waals surface area contributed by atoms with Gasteiger partial charge in [-0.1, -0.05) is 0 Å². The van der Waals surface area contributed by atoms with Gasteiger partial charge >= 0.3 is 0 Å². The van der Waals surface area contributed by atoms with E-state index in [1.165, 1.54) is 0 Å². The summed E-state index contributed by atoms with van der Waals surface area (Å²) in [6.45, 7) is 1.87. The third-order valence-electron chi connectivity index (χ3n) is 1.48. The molecule has 0 aliphatic heterocycles. The average Bonchev–Trinajstić information content (AvgIpc) is 1.98. The lowest BCUT2D eigenvalue weighted by Gasteiger charge is -2.00. The molecule has 1 heterocycles. The van der Waals surface area contributed by atoms with E-state index in [0.29, 0.717) is 12.1 Å². The fraction of sp³-hybridized carbons (Fsp3) is 0.250. The van der Waals surface area contributed by atoms with E-state index in [-0.39, 0.29) is 0 Å². The molecule has 0 spiro atoms. The maximum Gasteiger partial charge on any atom is 0.0670 e. The lowest BCUT2D eigenvalue weighted by molar-refractivity contribution is 1.11. The van der Waals surface area contributed by atoms with Crippen molar-refractivity contribution in [2.75, 3.05) is 5.73 Å². The van der Waals surface area contributed by atoms with Crippen LogP contribution >= 0.6 is 0 Å². The van der Waals surface area contributed by atoms with Crippen LogP contribution in [0.15, 0.2) is 12.3 Å².